The SMILES string of the molecule is CC1(C)[C@@]2(C(=O)Nc3cccc4cccnc34)CC[C@@]1(C)C(=O)C2=O. The van der Waals surface area contributed by atoms with E-state index in [4.69, 9.17) is 0 Å². The number of amides is 1. The number of benzene rings is 1. The lowest BCUT2D eigenvalue weighted by molar-refractivity contribution is -0.147. The van der Waals surface area contributed by atoms with Crippen molar-refractivity contribution in [2.24, 2.45) is 16.2 Å². The van der Waals surface area contributed by atoms with E-state index in [1.165, 1.54) is 0 Å². The van der Waals surface area contributed by atoms with Crippen LogP contribution in [0.25, 0.3) is 10.9 Å². The fourth-order valence-corrected chi connectivity index (χ4v) is 4.71. The van der Waals surface area contributed by atoms with Crippen molar-refractivity contribution >= 4 is 34.1 Å². The topological polar surface area (TPSA) is 76.1 Å². The van der Waals surface area contributed by atoms with E-state index < -0.39 is 33.7 Å². The Morgan fingerprint density at radius 1 is 1.04 bits per heavy atom. The lowest BCUT2D eigenvalue weighted by Gasteiger charge is -2.37. The Morgan fingerprint density at radius 3 is 2.44 bits per heavy atom. The highest BCUT2D eigenvalue weighted by Gasteiger charge is 2.77. The molecule has 2 bridgehead atoms. The standard InChI is InChI=1S/C20H20N2O3/c1-18(2)19(3)9-10-20(18,16(24)15(19)23)17(25)22-13-8-4-6-12-7-5-11-21-14(12)13/h4-8,11H,9-10H2,1-3H3,(H,22,25)/t19-,20-/m0/s1. The van der Waals surface area contributed by atoms with Crippen LogP contribution in [0.4, 0.5) is 5.69 Å². The third-order valence-electron chi connectivity index (χ3n) is 6.81. The summed E-state index contributed by atoms with van der Waals surface area (Å²) < 4.78 is 0. The van der Waals surface area contributed by atoms with Gasteiger partial charge in [-0.15, -0.1) is 0 Å². The molecule has 1 amide bonds. The summed E-state index contributed by atoms with van der Waals surface area (Å²) in [5.41, 5.74) is -1.54. The van der Waals surface area contributed by atoms with Gasteiger partial charge in [0.25, 0.3) is 0 Å². The smallest absolute Gasteiger partial charge is 0.239 e. The molecule has 0 saturated heterocycles. The molecular weight excluding hydrogens is 316 g/mol. The molecule has 128 valence electrons. The maximum absolute atomic E-state index is 13.2. The summed E-state index contributed by atoms with van der Waals surface area (Å²) in [5.74, 6) is -1.35. The van der Waals surface area contributed by atoms with Crippen molar-refractivity contribution in [2.75, 3.05) is 5.32 Å². The first-order valence-electron chi connectivity index (χ1n) is 8.50. The fraction of sp³-hybridized carbons (Fsp3) is 0.400. The van der Waals surface area contributed by atoms with Gasteiger partial charge < -0.3 is 5.32 Å². The Hall–Kier alpha value is -2.56. The minimum atomic E-state index is -1.30. The normalized spacial score (nSPS) is 30.0. The van der Waals surface area contributed by atoms with E-state index in [0.717, 1.165) is 5.39 Å². The Balaban J connectivity index is 1.79. The van der Waals surface area contributed by atoms with Gasteiger partial charge in [-0.05, 0) is 30.4 Å². The first-order valence-corrected chi connectivity index (χ1v) is 8.50. The second-order valence-electron chi connectivity index (χ2n) is 7.86. The predicted octanol–water partition coefficient (Wildman–Crippen LogP) is 3.14. The minimum Gasteiger partial charge on any atom is -0.323 e. The molecule has 1 heterocycles. The van der Waals surface area contributed by atoms with E-state index in [2.05, 4.69) is 10.3 Å². The largest absolute Gasteiger partial charge is 0.323 e. The van der Waals surface area contributed by atoms with Crippen molar-refractivity contribution in [3.05, 3.63) is 36.5 Å². The third kappa shape index (κ3) is 1.68. The molecule has 2 aliphatic rings. The average Bonchev–Trinajstić information content (AvgIpc) is 2.87. The summed E-state index contributed by atoms with van der Waals surface area (Å²) in [6.07, 6.45) is 2.63. The van der Waals surface area contributed by atoms with Crippen LogP contribution in [-0.2, 0) is 14.4 Å². The zero-order valence-electron chi connectivity index (χ0n) is 14.6. The Labute approximate surface area is 145 Å². The first kappa shape index (κ1) is 15.9. The molecule has 0 unspecified atom stereocenters. The van der Waals surface area contributed by atoms with E-state index in [1.54, 1.807) is 12.3 Å². The summed E-state index contributed by atoms with van der Waals surface area (Å²) in [5, 5.41) is 3.80. The second-order valence-corrected chi connectivity index (χ2v) is 7.86. The van der Waals surface area contributed by atoms with Crippen LogP contribution in [0, 0.1) is 16.2 Å². The van der Waals surface area contributed by atoms with Gasteiger partial charge >= 0.3 is 0 Å². The average molecular weight is 336 g/mol. The number of fused-ring (bicyclic) bond motifs is 3. The van der Waals surface area contributed by atoms with E-state index in [-0.39, 0.29) is 0 Å². The molecule has 1 aromatic heterocycles. The van der Waals surface area contributed by atoms with Crippen molar-refractivity contribution < 1.29 is 14.4 Å². The highest BCUT2D eigenvalue weighted by molar-refractivity contribution is 6.49. The number of ketones is 2. The number of hydrogen-bond acceptors (Lipinski definition) is 4. The van der Waals surface area contributed by atoms with Crippen molar-refractivity contribution in [3.8, 4) is 0 Å². The maximum atomic E-state index is 13.2. The van der Waals surface area contributed by atoms with Crippen LogP contribution < -0.4 is 5.32 Å². The molecular formula is C20H20N2O3. The van der Waals surface area contributed by atoms with E-state index in [0.29, 0.717) is 24.0 Å². The van der Waals surface area contributed by atoms with Gasteiger partial charge in [0, 0.05) is 17.0 Å². The Kier molecular flexibility index (Phi) is 3.03. The van der Waals surface area contributed by atoms with Crippen LogP contribution in [-0.4, -0.2) is 22.5 Å². The highest BCUT2D eigenvalue weighted by Crippen LogP contribution is 2.69. The number of hydrogen-bond donors (Lipinski definition) is 1. The number of para-hydroxylation sites is 1. The molecule has 1 N–H and O–H groups in total. The van der Waals surface area contributed by atoms with Gasteiger partial charge in [-0.25, -0.2) is 0 Å². The molecule has 0 radical (unpaired) electrons. The van der Waals surface area contributed by atoms with Gasteiger partial charge in [0.1, 0.15) is 5.41 Å². The number of anilines is 1. The molecule has 0 aliphatic heterocycles. The van der Waals surface area contributed by atoms with Gasteiger partial charge in [0.15, 0.2) is 0 Å². The molecule has 1 aromatic carbocycles. The van der Waals surface area contributed by atoms with E-state index in [9.17, 15) is 14.4 Å². The molecule has 2 aliphatic carbocycles. The zero-order valence-corrected chi connectivity index (χ0v) is 14.6. The predicted molar refractivity (Wildman–Crippen MR) is 93.9 cm³/mol. The minimum absolute atomic E-state index is 0.393. The maximum Gasteiger partial charge on any atom is 0.239 e. The number of carbonyl (C=O) groups excluding carboxylic acids is 3. The van der Waals surface area contributed by atoms with Crippen LogP contribution in [0.5, 0.6) is 0 Å². The van der Waals surface area contributed by atoms with Crippen molar-refractivity contribution in [2.45, 2.75) is 33.6 Å². The van der Waals surface area contributed by atoms with E-state index >= 15 is 0 Å². The highest BCUT2D eigenvalue weighted by atomic mass is 16.2. The molecule has 2 aromatic rings. The van der Waals surface area contributed by atoms with Crippen LogP contribution in [0.3, 0.4) is 0 Å². The number of nitrogens with zero attached hydrogens (tertiary/aromatic N) is 1. The lowest BCUT2D eigenvalue weighted by Crippen LogP contribution is -2.47. The fourth-order valence-electron chi connectivity index (χ4n) is 4.71. The lowest BCUT2D eigenvalue weighted by atomic mass is 9.64. The van der Waals surface area contributed by atoms with Crippen LogP contribution >= 0.6 is 0 Å². The molecule has 25 heavy (non-hydrogen) atoms. The second kappa shape index (κ2) is 4.75. The number of nitrogens with one attached hydrogen (secondary N) is 1. The number of aromatic nitrogens is 1. The molecule has 5 nitrogen and oxygen atoms in total. The Bertz CT molecular complexity index is 944. The van der Waals surface area contributed by atoms with Crippen molar-refractivity contribution in [1.29, 1.82) is 0 Å². The number of Topliss-reactive ketones (excluding diaryl/α,β-unsaturated/α-hetero) is 2. The van der Waals surface area contributed by atoms with Crippen LogP contribution in [0.15, 0.2) is 36.5 Å². The summed E-state index contributed by atoms with van der Waals surface area (Å²) >= 11 is 0. The molecule has 2 atom stereocenters. The summed E-state index contributed by atoms with van der Waals surface area (Å²) in [7, 11) is 0. The number of pyridine rings is 1. The van der Waals surface area contributed by atoms with Gasteiger partial charge in [-0.2, -0.15) is 0 Å². The zero-order chi connectivity index (χ0) is 18.0. The van der Waals surface area contributed by atoms with Gasteiger partial charge in [0.2, 0.25) is 17.5 Å². The summed E-state index contributed by atoms with van der Waals surface area (Å²) in [6.45, 7) is 5.54. The first-order chi connectivity index (χ1) is 11.8. The quantitative estimate of drug-likeness (QED) is 0.675. The van der Waals surface area contributed by atoms with E-state index in [1.807, 2.05) is 45.0 Å². The molecule has 4 rings (SSSR count). The summed E-state index contributed by atoms with van der Waals surface area (Å²) in [6, 6.07) is 9.26. The number of carbonyl (C=O) groups is 3. The van der Waals surface area contributed by atoms with Gasteiger partial charge in [-0.1, -0.05) is 39.0 Å². The van der Waals surface area contributed by atoms with Gasteiger partial charge in [-0.3, -0.25) is 19.4 Å². The number of rotatable bonds is 2. The molecule has 5 heteroatoms. The molecule has 2 saturated carbocycles. The Morgan fingerprint density at radius 2 is 1.76 bits per heavy atom. The van der Waals surface area contributed by atoms with Gasteiger partial charge in [0.05, 0.1) is 11.2 Å². The monoisotopic (exact) mass is 336 g/mol. The third-order valence-corrected chi connectivity index (χ3v) is 6.81. The van der Waals surface area contributed by atoms with Crippen LogP contribution in [0.1, 0.15) is 33.6 Å². The molecule has 2 fully saturated rings. The van der Waals surface area contributed by atoms with Crippen molar-refractivity contribution in [3.63, 3.8) is 0 Å². The summed E-state index contributed by atoms with van der Waals surface area (Å²) in [4.78, 5) is 42.9. The van der Waals surface area contributed by atoms with Crippen LogP contribution in [0.2, 0.25) is 0 Å². The van der Waals surface area contributed by atoms with Crippen molar-refractivity contribution in [1.82, 2.24) is 4.98 Å². The molecule has 0 spiro atoms.